The first kappa shape index (κ1) is 11.1. The molecule has 1 aliphatic rings. The molecule has 0 bridgehead atoms. The molecular formula is C15H11NOS. The summed E-state index contributed by atoms with van der Waals surface area (Å²) < 4.78 is 0. The highest BCUT2D eigenvalue weighted by atomic mass is 32.2. The van der Waals surface area contributed by atoms with Crippen LogP contribution in [0.25, 0.3) is 12.2 Å². The van der Waals surface area contributed by atoms with Crippen molar-refractivity contribution in [2.24, 2.45) is 5.16 Å². The Morgan fingerprint density at radius 2 is 1.72 bits per heavy atom. The summed E-state index contributed by atoms with van der Waals surface area (Å²) in [5.41, 5.74) is 3.32. The molecule has 3 heteroatoms. The second-order valence-electron chi connectivity index (χ2n) is 4.02. The van der Waals surface area contributed by atoms with Gasteiger partial charge in [-0.05, 0) is 28.8 Å². The molecule has 1 heterocycles. The van der Waals surface area contributed by atoms with Crippen molar-refractivity contribution in [1.29, 1.82) is 0 Å². The maximum atomic E-state index is 8.59. The Balaban J connectivity index is 2.10. The van der Waals surface area contributed by atoms with Crippen LogP contribution in [0.5, 0.6) is 0 Å². The summed E-state index contributed by atoms with van der Waals surface area (Å²) in [5, 5.41) is 11.7. The van der Waals surface area contributed by atoms with E-state index in [0.717, 1.165) is 5.56 Å². The zero-order chi connectivity index (χ0) is 12.4. The van der Waals surface area contributed by atoms with Crippen LogP contribution in [-0.4, -0.2) is 11.4 Å². The summed E-state index contributed by atoms with van der Waals surface area (Å²) in [6, 6.07) is 14.3. The molecule has 3 rings (SSSR count). The molecule has 0 unspecified atom stereocenters. The van der Waals surface area contributed by atoms with Crippen molar-refractivity contribution in [3.63, 3.8) is 0 Å². The number of fused-ring (bicyclic) bond motifs is 2. The molecule has 0 radical (unpaired) electrons. The van der Waals surface area contributed by atoms with Gasteiger partial charge in [0.15, 0.2) is 0 Å². The molecule has 0 spiro atoms. The summed E-state index contributed by atoms with van der Waals surface area (Å²) in [7, 11) is 0. The lowest BCUT2D eigenvalue weighted by molar-refractivity contribution is 0.322. The molecule has 18 heavy (non-hydrogen) atoms. The lowest BCUT2D eigenvalue weighted by atomic mass is 10.1. The van der Waals surface area contributed by atoms with E-state index in [0.29, 0.717) is 0 Å². The van der Waals surface area contributed by atoms with Gasteiger partial charge in [0.25, 0.3) is 0 Å². The predicted octanol–water partition coefficient (Wildman–Crippen LogP) is 4.13. The van der Waals surface area contributed by atoms with Crippen molar-refractivity contribution in [2.75, 3.05) is 0 Å². The number of nitrogens with zero attached hydrogens (tertiary/aromatic N) is 1. The van der Waals surface area contributed by atoms with Gasteiger partial charge in [-0.1, -0.05) is 59.4 Å². The van der Waals surface area contributed by atoms with Crippen LogP contribution in [0, 0.1) is 0 Å². The molecule has 0 atom stereocenters. The van der Waals surface area contributed by atoms with Gasteiger partial charge >= 0.3 is 0 Å². The quantitative estimate of drug-likeness (QED) is 0.402. The lowest BCUT2D eigenvalue weighted by Gasteiger charge is -2.06. The Morgan fingerprint density at radius 1 is 0.944 bits per heavy atom. The van der Waals surface area contributed by atoms with E-state index in [1.165, 1.54) is 27.1 Å². The highest BCUT2D eigenvalue weighted by molar-refractivity contribution is 7.99. The zero-order valence-electron chi connectivity index (χ0n) is 9.58. The Labute approximate surface area is 110 Å². The fourth-order valence-corrected chi connectivity index (χ4v) is 3.02. The molecule has 2 aromatic carbocycles. The lowest BCUT2D eigenvalue weighted by Crippen LogP contribution is -1.85. The van der Waals surface area contributed by atoms with Crippen LogP contribution in [-0.2, 0) is 0 Å². The summed E-state index contributed by atoms with van der Waals surface area (Å²) in [6.45, 7) is 0. The standard InChI is InChI=1S/C15H11NOS/c17-16-10-11-5-6-13-8-7-12-3-1-2-4-14(12)18-15(13)9-11/h1-10,17H/b16-10+. The number of hydrogen-bond donors (Lipinski definition) is 1. The highest BCUT2D eigenvalue weighted by Gasteiger charge is 2.09. The fourth-order valence-electron chi connectivity index (χ4n) is 1.93. The van der Waals surface area contributed by atoms with Gasteiger partial charge in [-0.2, -0.15) is 0 Å². The fraction of sp³-hybridized carbons (Fsp3) is 0. The van der Waals surface area contributed by atoms with E-state index in [1.807, 2.05) is 30.3 Å². The second-order valence-corrected chi connectivity index (χ2v) is 5.10. The molecular weight excluding hydrogens is 242 g/mol. The third-order valence-corrected chi connectivity index (χ3v) is 3.99. The number of hydrogen-bond acceptors (Lipinski definition) is 3. The third kappa shape index (κ3) is 2.05. The molecule has 0 saturated heterocycles. The molecule has 88 valence electrons. The van der Waals surface area contributed by atoms with Crippen LogP contribution < -0.4 is 0 Å². The van der Waals surface area contributed by atoms with Gasteiger partial charge in [-0.3, -0.25) is 0 Å². The average Bonchev–Trinajstić information content (AvgIpc) is 2.57. The summed E-state index contributed by atoms with van der Waals surface area (Å²) in [5.74, 6) is 0. The van der Waals surface area contributed by atoms with Crippen molar-refractivity contribution in [3.05, 3.63) is 59.2 Å². The van der Waals surface area contributed by atoms with Gasteiger partial charge in [0.2, 0.25) is 0 Å². The zero-order valence-corrected chi connectivity index (χ0v) is 10.4. The van der Waals surface area contributed by atoms with Gasteiger partial charge < -0.3 is 5.21 Å². The van der Waals surface area contributed by atoms with Crippen molar-refractivity contribution in [2.45, 2.75) is 9.79 Å². The molecule has 0 fully saturated rings. The topological polar surface area (TPSA) is 32.6 Å². The first-order valence-electron chi connectivity index (χ1n) is 5.63. The highest BCUT2D eigenvalue weighted by Crippen LogP contribution is 2.37. The van der Waals surface area contributed by atoms with E-state index in [2.05, 4.69) is 29.4 Å². The Morgan fingerprint density at radius 3 is 2.56 bits per heavy atom. The molecule has 1 N–H and O–H groups in total. The van der Waals surface area contributed by atoms with Gasteiger partial charge in [0.1, 0.15) is 0 Å². The van der Waals surface area contributed by atoms with Crippen molar-refractivity contribution in [3.8, 4) is 0 Å². The summed E-state index contributed by atoms with van der Waals surface area (Å²) >= 11 is 1.74. The maximum absolute atomic E-state index is 8.59. The minimum Gasteiger partial charge on any atom is -0.411 e. The van der Waals surface area contributed by atoms with E-state index in [4.69, 9.17) is 5.21 Å². The van der Waals surface area contributed by atoms with Gasteiger partial charge in [-0.15, -0.1) is 0 Å². The number of oxime groups is 1. The SMILES string of the molecule is O/N=C/c1ccc2c(c1)Sc1ccccc1C=C2. The molecule has 2 aromatic rings. The Kier molecular flexibility index (Phi) is 2.90. The van der Waals surface area contributed by atoms with Crippen LogP contribution >= 0.6 is 11.8 Å². The van der Waals surface area contributed by atoms with Crippen molar-refractivity contribution < 1.29 is 5.21 Å². The van der Waals surface area contributed by atoms with Crippen molar-refractivity contribution >= 4 is 30.1 Å². The van der Waals surface area contributed by atoms with E-state index < -0.39 is 0 Å². The van der Waals surface area contributed by atoms with E-state index >= 15 is 0 Å². The molecule has 0 aliphatic carbocycles. The van der Waals surface area contributed by atoms with Crippen LogP contribution in [0.1, 0.15) is 16.7 Å². The minimum absolute atomic E-state index is 0.900. The Bertz CT molecular complexity index is 647. The van der Waals surface area contributed by atoms with E-state index in [-0.39, 0.29) is 0 Å². The minimum atomic E-state index is 0.900. The normalized spacial score (nSPS) is 13.1. The van der Waals surface area contributed by atoms with Gasteiger partial charge in [0.05, 0.1) is 6.21 Å². The molecule has 0 saturated carbocycles. The number of rotatable bonds is 1. The van der Waals surface area contributed by atoms with Crippen LogP contribution in [0.2, 0.25) is 0 Å². The average molecular weight is 253 g/mol. The molecule has 0 aromatic heterocycles. The van der Waals surface area contributed by atoms with E-state index in [9.17, 15) is 0 Å². The molecule has 2 nitrogen and oxygen atoms in total. The largest absolute Gasteiger partial charge is 0.411 e. The smallest absolute Gasteiger partial charge is 0.0734 e. The van der Waals surface area contributed by atoms with E-state index in [1.54, 1.807) is 11.8 Å². The second kappa shape index (κ2) is 4.70. The van der Waals surface area contributed by atoms with Crippen molar-refractivity contribution in [1.82, 2.24) is 0 Å². The Hall–Kier alpha value is -2.00. The first-order valence-corrected chi connectivity index (χ1v) is 6.45. The maximum Gasteiger partial charge on any atom is 0.0734 e. The van der Waals surface area contributed by atoms with Gasteiger partial charge in [0, 0.05) is 9.79 Å². The first-order chi connectivity index (χ1) is 8.86. The summed E-state index contributed by atoms with van der Waals surface area (Å²) in [6.07, 6.45) is 5.70. The van der Waals surface area contributed by atoms with Crippen LogP contribution in [0.4, 0.5) is 0 Å². The third-order valence-electron chi connectivity index (χ3n) is 2.83. The van der Waals surface area contributed by atoms with Crippen LogP contribution in [0.15, 0.2) is 57.4 Å². The monoisotopic (exact) mass is 253 g/mol. The predicted molar refractivity (Wildman–Crippen MR) is 75.3 cm³/mol. The van der Waals surface area contributed by atoms with Crippen LogP contribution in [0.3, 0.4) is 0 Å². The number of benzene rings is 2. The summed E-state index contributed by atoms with van der Waals surface area (Å²) in [4.78, 5) is 2.42. The molecule has 1 aliphatic heterocycles. The molecule has 0 amide bonds. The van der Waals surface area contributed by atoms with Gasteiger partial charge in [-0.25, -0.2) is 0 Å².